The maximum atomic E-state index is 12.4. The van der Waals surface area contributed by atoms with Crippen molar-refractivity contribution < 1.29 is 13.2 Å². The predicted octanol–water partition coefficient (Wildman–Crippen LogP) is 1.86. The molecule has 0 heterocycles. The third-order valence-corrected chi connectivity index (χ3v) is 5.59. The van der Waals surface area contributed by atoms with E-state index >= 15 is 0 Å². The summed E-state index contributed by atoms with van der Waals surface area (Å²) >= 11 is 3.29. The van der Waals surface area contributed by atoms with Crippen LogP contribution in [0.2, 0.25) is 0 Å². The molecule has 0 aromatic heterocycles. The molecular weight excluding hydrogens is 344 g/mol. The molecule has 1 aliphatic carbocycles. The molecule has 0 radical (unpaired) electrons. The molecule has 5 nitrogen and oxygen atoms in total. The normalized spacial score (nSPS) is 22.9. The second-order valence-electron chi connectivity index (χ2n) is 4.98. The summed E-state index contributed by atoms with van der Waals surface area (Å²) in [6, 6.07) is 4.73. The molecule has 0 spiro atoms. The lowest BCUT2D eigenvalue weighted by Gasteiger charge is -2.19. The molecule has 20 heavy (non-hydrogen) atoms. The minimum atomic E-state index is -3.56. The van der Waals surface area contributed by atoms with Gasteiger partial charge in [0, 0.05) is 16.6 Å². The van der Waals surface area contributed by atoms with Crippen molar-refractivity contribution in [3.05, 3.63) is 22.7 Å². The van der Waals surface area contributed by atoms with Crippen LogP contribution in [0.15, 0.2) is 27.6 Å². The van der Waals surface area contributed by atoms with Gasteiger partial charge in [-0.1, -0.05) is 22.4 Å². The number of hydrogen-bond donors (Lipinski definition) is 2. The van der Waals surface area contributed by atoms with Gasteiger partial charge in [-0.3, -0.25) is 0 Å². The first-order valence-corrected chi connectivity index (χ1v) is 8.81. The van der Waals surface area contributed by atoms with Gasteiger partial charge in [0.2, 0.25) is 10.0 Å². The van der Waals surface area contributed by atoms with Gasteiger partial charge in [0.25, 0.3) is 0 Å². The number of ether oxygens (including phenoxy) is 1. The van der Waals surface area contributed by atoms with Crippen molar-refractivity contribution in [2.75, 3.05) is 13.7 Å². The molecule has 2 atom stereocenters. The minimum absolute atomic E-state index is 0.0741. The average Bonchev–Trinajstić information content (AvgIpc) is 2.84. The fourth-order valence-corrected chi connectivity index (χ4v) is 4.57. The molecule has 2 unspecified atom stereocenters. The van der Waals surface area contributed by atoms with Gasteiger partial charge >= 0.3 is 0 Å². The summed E-state index contributed by atoms with van der Waals surface area (Å²) in [6.45, 7) is 0.509. The number of sulfonamides is 1. The number of methoxy groups -OCH3 is 1. The van der Waals surface area contributed by atoms with Gasteiger partial charge in [-0.2, -0.15) is 0 Å². The summed E-state index contributed by atoms with van der Waals surface area (Å²) in [6.07, 6.45) is 2.83. The number of rotatable bonds is 5. The highest BCUT2D eigenvalue weighted by molar-refractivity contribution is 9.10. The second kappa shape index (κ2) is 6.43. The van der Waals surface area contributed by atoms with Crippen LogP contribution < -0.4 is 15.2 Å². The zero-order chi connectivity index (χ0) is 14.8. The predicted molar refractivity (Wildman–Crippen MR) is 81.2 cm³/mol. The van der Waals surface area contributed by atoms with Crippen molar-refractivity contribution in [3.63, 3.8) is 0 Å². The molecular formula is C13H19BrN2O3S. The van der Waals surface area contributed by atoms with E-state index in [9.17, 15) is 8.42 Å². The van der Waals surface area contributed by atoms with Gasteiger partial charge in [-0.25, -0.2) is 13.1 Å². The molecule has 0 bridgehead atoms. The van der Waals surface area contributed by atoms with E-state index in [1.54, 1.807) is 12.1 Å². The molecule has 1 aromatic carbocycles. The molecule has 3 N–H and O–H groups in total. The molecule has 1 aliphatic rings. The van der Waals surface area contributed by atoms with Gasteiger partial charge in [0.15, 0.2) is 0 Å². The second-order valence-corrected chi connectivity index (χ2v) is 7.61. The highest BCUT2D eigenvalue weighted by atomic mass is 79.9. The number of benzene rings is 1. The average molecular weight is 363 g/mol. The molecule has 112 valence electrons. The van der Waals surface area contributed by atoms with E-state index in [2.05, 4.69) is 20.7 Å². The van der Waals surface area contributed by atoms with Crippen LogP contribution in [0.4, 0.5) is 0 Å². The fourth-order valence-electron chi connectivity index (χ4n) is 2.55. The molecule has 7 heteroatoms. The molecule has 0 amide bonds. The van der Waals surface area contributed by atoms with Crippen LogP contribution in [0.1, 0.15) is 19.3 Å². The number of halogens is 1. The zero-order valence-electron chi connectivity index (χ0n) is 11.3. The van der Waals surface area contributed by atoms with Crippen LogP contribution >= 0.6 is 15.9 Å². The van der Waals surface area contributed by atoms with Gasteiger partial charge in [0.1, 0.15) is 5.75 Å². The van der Waals surface area contributed by atoms with Crippen LogP contribution in [0.25, 0.3) is 0 Å². The Hall–Kier alpha value is -0.630. The summed E-state index contributed by atoms with van der Waals surface area (Å²) in [7, 11) is -2.05. The third-order valence-electron chi connectivity index (χ3n) is 3.66. The number of hydrogen-bond acceptors (Lipinski definition) is 4. The van der Waals surface area contributed by atoms with Crippen molar-refractivity contribution in [2.24, 2.45) is 11.7 Å². The zero-order valence-corrected chi connectivity index (χ0v) is 13.7. The molecule has 1 aromatic rings. The van der Waals surface area contributed by atoms with Crippen molar-refractivity contribution in [1.82, 2.24) is 4.72 Å². The highest BCUT2D eigenvalue weighted by Gasteiger charge is 2.30. The Labute approximate surface area is 128 Å². The van der Waals surface area contributed by atoms with E-state index in [-0.39, 0.29) is 16.9 Å². The third kappa shape index (κ3) is 3.52. The number of nitrogens with two attached hydrogens (primary N) is 1. The van der Waals surface area contributed by atoms with E-state index in [1.807, 2.05) is 0 Å². The first-order valence-electron chi connectivity index (χ1n) is 6.53. The van der Waals surface area contributed by atoms with Crippen LogP contribution in [-0.4, -0.2) is 28.1 Å². The van der Waals surface area contributed by atoms with Crippen LogP contribution in [-0.2, 0) is 10.0 Å². The Morgan fingerprint density at radius 3 is 2.80 bits per heavy atom. The van der Waals surface area contributed by atoms with Gasteiger partial charge in [-0.15, -0.1) is 0 Å². The molecule has 2 rings (SSSR count). The maximum absolute atomic E-state index is 12.4. The lowest BCUT2D eigenvalue weighted by molar-refractivity contribution is 0.412. The Morgan fingerprint density at radius 1 is 1.40 bits per heavy atom. The first-order chi connectivity index (χ1) is 9.46. The maximum Gasteiger partial charge on any atom is 0.241 e. The number of nitrogens with one attached hydrogen (secondary N) is 1. The van der Waals surface area contributed by atoms with E-state index in [0.29, 0.717) is 16.8 Å². The molecule has 1 saturated carbocycles. The Bertz CT molecular complexity index is 577. The van der Waals surface area contributed by atoms with Crippen molar-refractivity contribution >= 4 is 26.0 Å². The monoisotopic (exact) mass is 362 g/mol. The SMILES string of the molecule is COc1cc(Br)cc(S(=O)(=O)NC2CCCC2CN)c1. The quantitative estimate of drug-likeness (QED) is 0.837. The Morgan fingerprint density at radius 2 is 2.15 bits per heavy atom. The molecule has 1 fully saturated rings. The molecule has 0 aliphatic heterocycles. The largest absolute Gasteiger partial charge is 0.497 e. The van der Waals surface area contributed by atoms with E-state index < -0.39 is 10.0 Å². The van der Waals surface area contributed by atoms with E-state index in [0.717, 1.165) is 19.3 Å². The highest BCUT2D eigenvalue weighted by Crippen LogP contribution is 2.28. The van der Waals surface area contributed by atoms with Crippen LogP contribution in [0.3, 0.4) is 0 Å². The Kier molecular flexibility index (Phi) is 5.06. The van der Waals surface area contributed by atoms with Crippen molar-refractivity contribution in [2.45, 2.75) is 30.2 Å². The first kappa shape index (κ1) is 15.8. The summed E-state index contributed by atoms with van der Waals surface area (Å²) in [5.74, 6) is 0.723. The summed E-state index contributed by atoms with van der Waals surface area (Å²) in [5.41, 5.74) is 5.69. The standard InChI is InChI=1S/C13H19BrN2O3S/c1-19-11-5-10(14)6-12(7-11)20(17,18)16-13-4-2-3-9(13)8-15/h5-7,9,13,16H,2-4,8,15H2,1H3. The fraction of sp³-hybridized carbons (Fsp3) is 0.538. The molecule has 0 saturated heterocycles. The van der Waals surface area contributed by atoms with Crippen molar-refractivity contribution in [3.8, 4) is 5.75 Å². The summed E-state index contributed by atoms with van der Waals surface area (Å²) in [5, 5.41) is 0. The van der Waals surface area contributed by atoms with E-state index in [1.165, 1.54) is 13.2 Å². The lowest BCUT2D eigenvalue weighted by Crippen LogP contribution is -2.39. The van der Waals surface area contributed by atoms with E-state index in [4.69, 9.17) is 10.5 Å². The van der Waals surface area contributed by atoms with Crippen LogP contribution in [0, 0.1) is 5.92 Å². The smallest absolute Gasteiger partial charge is 0.241 e. The van der Waals surface area contributed by atoms with Gasteiger partial charge in [0.05, 0.1) is 12.0 Å². The summed E-state index contributed by atoms with van der Waals surface area (Å²) < 4.78 is 33.4. The van der Waals surface area contributed by atoms with Crippen molar-refractivity contribution in [1.29, 1.82) is 0 Å². The summed E-state index contributed by atoms with van der Waals surface area (Å²) in [4.78, 5) is 0.200. The van der Waals surface area contributed by atoms with Gasteiger partial charge < -0.3 is 10.5 Å². The Balaban J connectivity index is 2.24. The minimum Gasteiger partial charge on any atom is -0.497 e. The lowest BCUT2D eigenvalue weighted by atomic mass is 10.1. The topological polar surface area (TPSA) is 81.4 Å². The van der Waals surface area contributed by atoms with Crippen LogP contribution in [0.5, 0.6) is 5.75 Å². The van der Waals surface area contributed by atoms with Gasteiger partial charge in [-0.05, 0) is 37.4 Å².